The molecule has 1 heterocycles. The van der Waals surface area contributed by atoms with Gasteiger partial charge in [0.25, 0.3) is 0 Å². The molecule has 0 unspecified atom stereocenters. The molecule has 1 aromatic heterocycles. The molecule has 6 nitrogen and oxygen atoms in total. The number of aromatic nitrogens is 2. The monoisotopic (exact) mass is 195 g/mol. The first-order valence-electron chi connectivity index (χ1n) is 4.26. The number of aryl methyl sites for hydroxylation is 1. The summed E-state index contributed by atoms with van der Waals surface area (Å²) in [7, 11) is 0. The minimum atomic E-state index is -1.11. The van der Waals surface area contributed by atoms with Crippen LogP contribution in [0.3, 0.4) is 0 Å². The Morgan fingerprint density at radius 1 is 1.50 bits per heavy atom. The van der Waals surface area contributed by atoms with Crippen molar-refractivity contribution in [3.63, 3.8) is 0 Å². The maximum absolute atomic E-state index is 10.8. The molecule has 3 N–H and O–H groups in total. The van der Waals surface area contributed by atoms with Gasteiger partial charge in [-0.25, -0.2) is 4.79 Å². The van der Waals surface area contributed by atoms with Crippen LogP contribution in [-0.2, 0) is 6.42 Å². The third-order valence-corrected chi connectivity index (χ3v) is 2.29. The largest absolute Gasteiger partial charge is 0.476 e. The highest BCUT2D eigenvalue weighted by Crippen LogP contribution is 2.22. The average Bonchev–Trinajstić information content (AvgIpc) is 2.60. The van der Waals surface area contributed by atoms with Gasteiger partial charge in [-0.2, -0.15) is 5.10 Å². The van der Waals surface area contributed by atoms with Gasteiger partial charge in [0.2, 0.25) is 0 Å². The van der Waals surface area contributed by atoms with E-state index >= 15 is 0 Å². The van der Waals surface area contributed by atoms with Crippen LogP contribution in [0.25, 0.3) is 0 Å². The van der Waals surface area contributed by atoms with Gasteiger partial charge in [-0.1, -0.05) is 5.16 Å². The van der Waals surface area contributed by atoms with Crippen LogP contribution in [-0.4, -0.2) is 32.2 Å². The van der Waals surface area contributed by atoms with Crippen LogP contribution in [0, 0.1) is 0 Å². The molecule has 1 aromatic rings. The summed E-state index contributed by atoms with van der Waals surface area (Å²) in [6.07, 6.45) is 2.17. The number of aromatic amines is 1. The van der Waals surface area contributed by atoms with Gasteiger partial charge in [-0.15, -0.1) is 0 Å². The van der Waals surface area contributed by atoms with E-state index in [0.29, 0.717) is 17.7 Å². The number of fused-ring (bicyclic) bond motifs is 1. The van der Waals surface area contributed by atoms with Crippen molar-refractivity contribution < 1.29 is 15.1 Å². The van der Waals surface area contributed by atoms with Crippen molar-refractivity contribution in [1.82, 2.24) is 10.2 Å². The minimum absolute atomic E-state index is 0.0625. The van der Waals surface area contributed by atoms with E-state index in [-0.39, 0.29) is 5.69 Å². The fourth-order valence-electron chi connectivity index (χ4n) is 1.68. The topological polar surface area (TPSA) is 98.6 Å². The molecule has 2 rings (SSSR count). The van der Waals surface area contributed by atoms with Crippen LogP contribution in [0.5, 0.6) is 0 Å². The van der Waals surface area contributed by atoms with Crippen LogP contribution in [0.2, 0.25) is 0 Å². The van der Waals surface area contributed by atoms with E-state index in [4.69, 9.17) is 10.3 Å². The highest BCUT2D eigenvalue weighted by Gasteiger charge is 2.26. The molecule has 0 saturated heterocycles. The molecule has 0 atom stereocenters. The van der Waals surface area contributed by atoms with Crippen molar-refractivity contribution in [2.24, 2.45) is 5.16 Å². The van der Waals surface area contributed by atoms with Crippen molar-refractivity contribution in [3.8, 4) is 0 Å². The molecule has 0 spiro atoms. The van der Waals surface area contributed by atoms with Crippen molar-refractivity contribution in [1.29, 1.82) is 0 Å². The zero-order valence-corrected chi connectivity index (χ0v) is 7.32. The van der Waals surface area contributed by atoms with E-state index in [2.05, 4.69) is 15.4 Å². The Bertz CT molecular complexity index is 408. The third kappa shape index (κ3) is 1.15. The van der Waals surface area contributed by atoms with Crippen molar-refractivity contribution in [3.05, 3.63) is 17.0 Å². The lowest BCUT2D eigenvalue weighted by Gasteiger charge is -2.11. The predicted octanol–water partition coefficient (Wildman–Crippen LogP) is 0.622. The van der Waals surface area contributed by atoms with Crippen LogP contribution in [0.15, 0.2) is 5.16 Å². The zero-order valence-electron chi connectivity index (χ0n) is 7.32. The molecule has 1 aliphatic rings. The summed E-state index contributed by atoms with van der Waals surface area (Å²) in [5, 5.41) is 27.0. The summed E-state index contributed by atoms with van der Waals surface area (Å²) in [6, 6.07) is 0. The number of nitrogens with zero attached hydrogens (tertiary/aromatic N) is 2. The first-order valence-corrected chi connectivity index (χ1v) is 4.26. The number of carboxylic acids is 1. The fourth-order valence-corrected chi connectivity index (χ4v) is 1.68. The predicted molar refractivity (Wildman–Crippen MR) is 46.8 cm³/mol. The second-order valence-electron chi connectivity index (χ2n) is 3.13. The second kappa shape index (κ2) is 3.13. The number of H-pyrrole nitrogens is 1. The van der Waals surface area contributed by atoms with E-state index in [9.17, 15) is 4.79 Å². The first-order chi connectivity index (χ1) is 6.74. The molecule has 1 aliphatic carbocycles. The molecule has 0 amide bonds. The highest BCUT2D eigenvalue weighted by molar-refractivity contribution is 6.08. The number of carbonyl (C=O) groups is 1. The summed E-state index contributed by atoms with van der Waals surface area (Å²) in [4.78, 5) is 10.8. The standard InChI is InChI=1S/C8H9N3O3/c12-8(13)7-6-4(9-10-7)2-1-3-5(6)11-14/h14H,1-3H2,(H,9,10)(H,12,13)/b11-5+. The smallest absolute Gasteiger partial charge is 0.357 e. The molecule has 0 aromatic carbocycles. The Morgan fingerprint density at radius 2 is 2.29 bits per heavy atom. The second-order valence-corrected chi connectivity index (χ2v) is 3.13. The lowest BCUT2D eigenvalue weighted by atomic mass is 9.94. The van der Waals surface area contributed by atoms with Crippen LogP contribution >= 0.6 is 0 Å². The SMILES string of the molecule is O=C(O)c1n[nH]c2c1/C(=N/O)CCC2. The summed E-state index contributed by atoms with van der Waals surface area (Å²) in [6.45, 7) is 0. The highest BCUT2D eigenvalue weighted by atomic mass is 16.4. The first kappa shape index (κ1) is 8.74. The van der Waals surface area contributed by atoms with Crippen molar-refractivity contribution in [2.75, 3.05) is 0 Å². The van der Waals surface area contributed by atoms with Crippen molar-refractivity contribution in [2.45, 2.75) is 19.3 Å². The van der Waals surface area contributed by atoms with Gasteiger partial charge in [-0.05, 0) is 19.3 Å². The third-order valence-electron chi connectivity index (χ3n) is 2.29. The van der Waals surface area contributed by atoms with E-state index in [1.807, 2.05) is 0 Å². The molecule has 14 heavy (non-hydrogen) atoms. The summed E-state index contributed by atoms with van der Waals surface area (Å²) in [5.74, 6) is -1.11. The Kier molecular flexibility index (Phi) is 1.95. The van der Waals surface area contributed by atoms with Crippen LogP contribution in [0.4, 0.5) is 0 Å². The van der Waals surface area contributed by atoms with Crippen molar-refractivity contribution >= 4 is 11.7 Å². The molecule has 6 heteroatoms. The van der Waals surface area contributed by atoms with Gasteiger partial charge in [-0.3, -0.25) is 5.10 Å². The number of hydrogen-bond acceptors (Lipinski definition) is 4. The molecule has 0 aliphatic heterocycles. The lowest BCUT2D eigenvalue weighted by Crippen LogP contribution is -2.14. The molecular formula is C8H9N3O3. The number of oxime groups is 1. The Hall–Kier alpha value is -1.85. The van der Waals surface area contributed by atoms with Gasteiger partial charge in [0.1, 0.15) is 0 Å². The summed E-state index contributed by atoms with van der Waals surface area (Å²) < 4.78 is 0. The van der Waals surface area contributed by atoms with E-state index in [1.54, 1.807) is 0 Å². The fraction of sp³-hybridized carbons (Fsp3) is 0.375. The molecule has 0 bridgehead atoms. The number of hydrogen-bond donors (Lipinski definition) is 3. The van der Waals surface area contributed by atoms with E-state index in [1.165, 1.54) is 0 Å². The summed E-state index contributed by atoms with van der Waals surface area (Å²) in [5.41, 5.74) is 1.53. The van der Waals surface area contributed by atoms with Gasteiger partial charge in [0, 0.05) is 5.69 Å². The number of nitrogens with one attached hydrogen (secondary N) is 1. The molecular weight excluding hydrogens is 186 g/mol. The van der Waals surface area contributed by atoms with Gasteiger partial charge < -0.3 is 10.3 Å². The van der Waals surface area contributed by atoms with E-state index < -0.39 is 5.97 Å². The maximum Gasteiger partial charge on any atom is 0.357 e. The van der Waals surface area contributed by atoms with Crippen LogP contribution < -0.4 is 0 Å². The average molecular weight is 195 g/mol. The molecule has 0 radical (unpaired) electrons. The number of rotatable bonds is 1. The Labute approximate surface area is 79.2 Å². The Balaban J connectivity index is 2.58. The number of aromatic carboxylic acids is 1. The van der Waals surface area contributed by atoms with Crippen LogP contribution in [0.1, 0.15) is 34.6 Å². The molecule has 0 saturated carbocycles. The Morgan fingerprint density at radius 3 is 2.93 bits per heavy atom. The van der Waals surface area contributed by atoms with Gasteiger partial charge in [0.05, 0.1) is 11.3 Å². The molecule has 74 valence electrons. The quantitative estimate of drug-likeness (QED) is 0.452. The summed E-state index contributed by atoms with van der Waals surface area (Å²) >= 11 is 0. The molecule has 0 fully saturated rings. The lowest BCUT2D eigenvalue weighted by molar-refractivity contribution is 0.0690. The van der Waals surface area contributed by atoms with Gasteiger partial charge >= 0.3 is 5.97 Å². The van der Waals surface area contributed by atoms with E-state index in [0.717, 1.165) is 18.5 Å². The van der Waals surface area contributed by atoms with Gasteiger partial charge in [0.15, 0.2) is 5.69 Å². The normalized spacial score (nSPS) is 18.1. The minimum Gasteiger partial charge on any atom is -0.476 e. The number of carboxylic acid groups (broad SMARTS) is 1. The maximum atomic E-state index is 10.8. The zero-order chi connectivity index (χ0) is 10.1.